The first-order valence-electron chi connectivity index (χ1n) is 10.8. The summed E-state index contributed by atoms with van der Waals surface area (Å²) in [6.07, 6.45) is 7.55. The zero-order valence-corrected chi connectivity index (χ0v) is 18.2. The van der Waals surface area contributed by atoms with Crippen LogP contribution in [0.25, 0.3) is 0 Å². The lowest BCUT2D eigenvalue weighted by atomic mass is 9.79. The van der Waals surface area contributed by atoms with E-state index in [4.69, 9.17) is 4.99 Å². The topological polar surface area (TPSA) is 74.5 Å². The minimum absolute atomic E-state index is 0.0725. The number of aliphatic hydroxyl groups excluding tert-OH is 1. The number of nitrogens with zero attached hydrogens (tertiary/aromatic N) is 3. The van der Waals surface area contributed by atoms with E-state index < -0.39 is 0 Å². The van der Waals surface area contributed by atoms with Crippen molar-refractivity contribution >= 4 is 5.96 Å². The summed E-state index contributed by atoms with van der Waals surface area (Å²) in [5.41, 5.74) is 1.34. The molecule has 0 bridgehead atoms. The first-order valence-corrected chi connectivity index (χ1v) is 10.8. The zero-order valence-electron chi connectivity index (χ0n) is 18.2. The van der Waals surface area contributed by atoms with Crippen LogP contribution in [0.2, 0.25) is 0 Å². The SMILES string of the molecule is CCNC(=NCC(CC)(CC)CCO)NCCc1nccn1Cc1ccccc1. The van der Waals surface area contributed by atoms with Crippen LogP contribution < -0.4 is 10.6 Å². The number of imidazole rings is 1. The van der Waals surface area contributed by atoms with E-state index in [2.05, 4.69) is 65.2 Å². The maximum absolute atomic E-state index is 9.42. The molecule has 0 aliphatic rings. The molecule has 0 atom stereocenters. The van der Waals surface area contributed by atoms with Gasteiger partial charge in [-0.1, -0.05) is 44.2 Å². The van der Waals surface area contributed by atoms with Gasteiger partial charge < -0.3 is 20.3 Å². The second-order valence-electron chi connectivity index (χ2n) is 7.51. The van der Waals surface area contributed by atoms with Gasteiger partial charge in [-0.05, 0) is 37.2 Å². The van der Waals surface area contributed by atoms with Crippen molar-refractivity contribution in [1.29, 1.82) is 0 Å². The molecule has 0 aliphatic carbocycles. The van der Waals surface area contributed by atoms with Gasteiger partial charge in [-0.3, -0.25) is 4.99 Å². The van der Waals surface area contributed by atoms with Crippen LogP contribution in [0.3, 0.4) is 0 Å². The van der Waals surface area contributed by atoms with E-state index in [-0.39, 0.29) is 12.0 Å². The Morgan fingerprint density at radius 1 is 1.14 bits per heavy atom. The Morgan fingerprint density at radius 2 is 1.90 bits per heavy atom. The largest absolute Gasteiger partial charge is 0.396 e. The first-order chi connectivity index (χ1) is 14.2. The molecular weight excluding hydrogens is 362 g/mol. The van der Waals surface area contributed by atoms with Crippen LogP contribution in [-0.2, 0) is 13.0 Å². The molecule has 0 spiro atoms. The van der Waals surface area contributed by atoms with Gasteiger partial charge in [0.05, 0.1) is 0 Å². The Kier molecular flexibility index (Phi) is 9.71. The van der Waals surface area contributed by atoms with Gasteiger partial charge in [0.2, 0.25) is 0 Å². The minimum atomic E-state index is 0.0725. The summed E-state index contributed by atoms with van der Waals surface area (Å²) in [6, 6.07) is 10.4. The monoisotopic (exact) mass is 399 g/mol. The molecule has 2 rings (SSSR count). The summed E-state index contributed by atoms with van der Waals surface area (Å²) in [4.78, 5) is 9.34. The molecule has 0 fully saturated rings. The van der Waals surface area contributed by atoms with E-state index in [1.165, 1.54) is 5.56 Å². The molecule has 160 valence electrons. The van der Waals surface area contributed by atoms with Crippen molar-refractivity contribution in [3.63, 3.8) is 0 Å². The van der Waals surface area contributed by atoms with E-state index in [9.17, 15) is 5.11 Å². The summed E-state index contributed by atoms with van der Waals surface area (Å²) in [6.45, 7) is 9.79. The Morgan fingerprint density at radius 3 is 2.55 bits per heavy atom. The molecule has 0 saturated heterocycles. The number of aliphatic imine (C=N–C) groups is 1. The lowest BCUT2D eigenvalue weighted by molar-refractivity contribution is 0.175. The molecule has 1 aromatic heterocycles. The number of guanidine groups is 1. The van der Waals surface area contributed by atoms with Crippen LogP contribution >= 0.6 is 0 Å². The maximum atomic E-state index is 9.42. The average molecular weight is 400 g/mol. The van der Waals surface area contributed by atoms with Crippen molar-refractivity contribution < 1.29 is 5.11 Å². The third-order valence-electron chi connectivity index (χ3n) is 5.70. The second kappa shape index (κ2) is 12.3. The average Bonchev–Trinajstić information content (AvgIpc) is 3.18. The van der Waals surface area contributed by atoms with Crippen molar-refractivity contribution in [2.24, 2.45) is 10.4 Å². The van der Waals surface area contributed by atoms with Gasteiger partial charge in [0, 0.05) is 51.6 Å². The summed E-state index contributed by atoms with van der Waals surface area (Å²) in [7, 11) is 0. The fraction of sp³-hybridized carbons (Fsp3) is 0.565. The fourth-order valence-electron chi connectivity index (χ4n) is 3.52. The molecule has 0 saturated carbocycles. The second-order valence-corrected chi connectivity index (χ2v) is 7.51. The summed E-state index contributed by atoms with van der Waals surface area (Å²) >= 11 is 0. The van der Waals surface area contributed by atoms with Crippen molar-refractivity contribution in [1.82, 2.24) is 20.2 Å². The summed E-state index contributed by atoms with van der Waals surface area (Å²) in [5, 5.41) is 16.2. The van der Waals surface area contributed by atoms with Gasteiger partial charge in [-0.2, -0.15) is 0 Å². The predicted molar refractivity (Wildman–Crippen MR) is 120 cm³/mol. The summed E-state index contributed by atoms with van der Waals surface area (Å²) < 4.78 is 2.20. The lowest BCUT2D eigenvalue weighted by Crippen LogP contribution is -2.39. The molecule has 6 nitrogen and oxygen atoms in total. The highest BCUT2D eigenvalue weighted by molar-refractivity contribution is 5.79. The Balaban J connectivity index is 1.93. The molecule has 1 heterocycles. The molecule has 6 heteroatoms. The van der Waals surface area contributed by atoms with Crippen LogP contribution in [0.1, 0.15) is 51.4 Å². The molecule has 2 aromatic rings. The first kappa shape index (κ1) is 22.9. The van der Waals surface area contributed by atoms with Crippen molar-refractivity contribution in [3.05, 3.63) is 54.1 Å². The quantitative estimate of drug-likeness (QED) is 0.378. The predicted octanol–water partition coefficient (Wildman–Crippen LogP) is 3.22. The van der Waals surface area contributed by atoms with E-state index in [1.807, 2.05) is 18.5 Å². The third-order valence-corrected chi connectivity index (χ3v) is 5.70. The Bertz CT molecular complexity index is 722. The summed E-state index contributed by atoms with van der Waals surface area (Å²) in [5.74, 6) is 1.90. The van der Waals surface area contributed by atoms with Gasteiger partial charge in [0.1, 0.15) is 5.82 Å². The highest BCUT2D eigenvalue weighted by Gasteiger charge is 2.25. The Labute approximate surface area is 175 Å². The molecule has 0 amide bonds. The molecule has 0 unspecified atom stereocenters. The van der Waals surface area contributed by atoms with Crippen molar-refractivity contribution in [2.75, 3.05) is 26.2 Å². The van der Waals surface area contributed by atoms with Gasteiger partial charge >= 0.3 is 0 Å². The number of benzene rings is 1. The normalized spacial score (nSPS) is 12.2. The molecule has 0 aliphatic heterocycles. The van der Waals surface area contributed by atoms with Gasteiger partial charge in [0.25, 0.3) is 0 Å². The van der Waals surface area contributed by atoms with Crippen LogP contribution in [0.5, 0.6) is 0 Å². The Hall–Kier alpha value is -2.34. The number of hydrogen-bond donors (Lipinski definition) is 3. The molecule has 1 aromatic carbocycles. The van der Waals surface area contributed by atoms with Crippen LogP contribution in [0.4, 0.5) is 0 Å². The van der Waals surface area contributed by atoms with Gasteiger partial charge in [-0.25, -0.2) is 4.98 Å². The van der Waals surface area contributed by atoms with Gasteiger partial charge in [-0.15, -0.1) is 0 Å². The highest BCUT2D eigenvalue weighted by Crippen LogP contribution is 2.30. The van der Waals surface area contributed by atoms with Crippen LogP contribution in [0, 0.1) is 5.41 Å². The lowest BCUT2D eigenvalue weighted by Gasteiger charge is -2.29. The van der Waals surface area contributed by atoms with E-state index in [0.29, 0.717) is 0 Å². The number of aliphatic hydroxyl groups is 1. The van der Waals surface area contributed by atoms with Crippen molar-refractivity contribution in [3.8, 4) is 0 Å². The number of rotatable bonds is 12. The number of nitrogens with one attached hydrogen (secondary N) is 2. The fourth-order valence-corrected chi connectivity index (χ4v) is 3.52. The molecule has 3 N–H and O–H groups in total. The third kappa shape index (κ3) is 7.20. The van der Waals surface area contributed by atoms with Gasteiger partial charge in [0.15, 0.2) is 5.96 Å². The minimum Gasteiger partial charge on any atom is -0.396 e. The van der Waals surface area contributed by atoms with E-state index >= 15 is 0 Å². The van der Waals surface area contributed by atoms with E-state index in [1.54, 1.807) is 0 Å². The van der Waals surface area contributed by atoms with Crippen molar-refractivity contribution in [2.45, 2.75) is 53.0 Å². The molecule has 29 heavy (non-hydrogen) atoms. The zero-order chi connectivity index (χ0) is 21.0. The van der Waals surface area contributed by atoms with E-state index in [0.717, 1.165) is 63.6 Å². The standard InChI is InChI=1S/C23H37N5O/c1-4-23(5-2,13-17-29)19-27-22(24-6-3)26-14-12-21-25-15-16-28(21)18-20-10-8-7-9-11-20/h7-11,15-16,29H,4-6,12-14,17-19H2,1-3H3,(H2,24,26,27). The number of hydrogen-bond acceptors (Lipinski definition) is 3. The molecule has 0 radical (unpaired) electrons. The molecular formula is C23H37N5O. The highest BCUT2D eigenvalue weighted by atomic mass is 16.3. The van der Waals surface area contributed by atoms with Crippen LogP contribution in [0.15, 0.2) is 47.7 Å². The maximum Gasteiger partial charge on any atom is 0.191 e. The van der Waals surface area contributed by atoms with Crippen LogP contribution in [-0.4, -0.2) is 46.9 Å². The smallest absolute Gasteiger partial charge is 0.191 e. The number of aromatic nitrogens is 2.